The molecule has 1 heterocycles. The van der Waals surface area contributed by atoms with Crippen LogP contribution in [0.15, 0.2) is 0 Å². The van der Waals surface area contributed by atoms with Gasteiger partial charge in [0.25, 0.3) is 0 Å². The summed E-state index contributed by atoms with van der Waals surface area (Å²) in [7, 11) is 0. The molecule has 4 atom stereocenters. The van der Waals surface area contributed by atoms with E-state index >= 15 is 0 Å². The number of hydrogen-bond donors (Lipinski definition) is 2. The summed E-state index contributed by atoms with van der Waals surface area (Å²) in [6, 6.07) is -0.830. The van der Waals surface area contributed by atoms with Gasteiger partial charge in [-0.3, -0.25) is 4.79 Å². The van der Waals surface area contributed by atoms with E-state index in [0.717, 1.165) is 6.42 Å². The topological polar surface area (TPSA) is 75.6 Å². The van der Waals surface area contributed by atoms with Gasteiger partial charge in [0, 0.05) is 6.61 Å². The Morgan fingerprint density at radius 2 is 2.18 bits per heavy atom. The quantitative estimate of drug-likeness (QED) is 0.756. The molecule has 1 rings (SSSR count). The van der Waals surface area contributed by atoms with Gasteiger partial charge in [-0.25, -0.2) is 4.79 Å². The van der Waals surface area contributed by atoms with Crippen molar-refractivity contribution in [3.63, 3.8) is 0 Å². The Labute approximate surface area is 102 Å². The van der Waals surface area contributed by atoms with Crippen molar-refractivity contribution >= 4 is 11.9 Å². The third-order valence-electron chi connectivity index (χ3n) is 3.42. The maximum Gasteiger partial charge on any atom is 0.326 e. The summed E-state index contributed by atoms with van der Waals surface area (Å²) in [5, 5.41) is 11.7. The van der Waals surface area contributed by atoms with E-state index in [-0.39, 0.29) is 17.7 Å². The summed E-state index contributed by atoms with van der Waals surface area (Å²) >= 11 is 0. The molecule has 0 bridgehead atoms. The molecule has 0 aromatic carbocycles. The lowest BCUT2D eigenvalue weighted by Crippen LogP contribution is -2.49. The lowest BCUT2D eigenvalue weighted by Gasteiger charge is -2.23. The second-order valence-corrected chi connectivity index (χ2v) is 4.77. The van der Waals surface area contributed by atoms with Crippen LogP contribution in [0.1, 0.15) is 33.6 Å². The number of carbonyl (C=O) groups excluding carboxylic acids is 1. The number of ether oxygens (including phenoxy) is 1. The Morgan fingerprint density at radius 1 is 1.53 bits per heavy atom. The van der Waals surface area contributed by atoms with E-state index in [1.165, 1.54) is 0 Å². The summed E-state index contributed by atoms with van der Waals surface area (Å²) in [5.74, 6) is -1.23. The normalized spacial score (nSPS) is 27.5. The van der Waals surface area contributed by atoms with Crippen molar-refractivity contribution in [2.45, 2.75) is 45.8 Å². The second kappa shape index (κ2) is 6.00. The number of carboxylic acids is 1. The van der Waals surface area contributed by atoms with Gasteiger partial charge in [0.1, 0.15) is 12.1 Å². The lowest BCUT2D eigenvalue weighted by atomic mass is 9.98. The van der Waals surface area contributed by atoms with Crippen LogP contribution in [-0.2, 0) is 14.3 Å². The molecule has 0 aromatic rings. The zero-order valence-electron chi connectivity index (χ0n) is 10.6. The van der Waals surface area contributed by atoms with Crippen LogP contribution >= 0.6 is 0 Å². The van der Waals surface area contributed by atoms with E-state index in [0.29, 0.717) is 13.0 Å². The number of aliphatic carboxylic acids is 1. The van der Waals surface area contributed by atoms with Crippen LogP contribution in [-0.4, -0.2) is 35.7 Å². The first-order valence-electron chi connectivity index (χ1n) is 6.12. The van der Waals surface area contributed by atoms with Crippen molar-refractivity contribution in [3.8, 4) is 0 Å². The van der Waals surface area contributed by atoms with E-state index in [2.05, 4.69) is 5.32 Å². The average molecular weight is 243 g/mol. The van der Waals surface area contributed by atoms with Gasteiger partial charge in [-0.15, -0.1) is 0 Å². The van der Waals surface area contributed by atoms with Gasteiger partial charge in [-0.2, -0.15) is 0 Å². The molecule has 1 aliphatic rings. The minimum absolute atomic E-state index is 0.0897. The molecular weight excluding hydrogens is 222 g/mol. The summed E-state index contributed by atoms with van der Waals surface area (Å²) in [6.07, 6.45) is 1.05. The third-order valence-corrected chi connectivity index (χ3v) is 3.42. The van der Waals surface area contributed by atoms with Gasteiger partial charge in [0.15, 0.2) is 0 Å². The Morgan fingerprint density at radius 3 is 2.59 bits per heavy atom. The highest BCUT2D eigenvalue weighted by molar-refractivity contribution is 5.86. The van der Waals surface area contributed by atoms with Crippen LogP contribution < -0.4 is 5.32 Å². The predicted octanol–water partition coefficient (Wildman–Crippen LogP) is 1.03. The first-order chi connectivity index (χ1) is 7.97. The Hall–Kier alpha value is -1.10. The fourth-order valence-corrected chi connectivity index (χ4v) is 1.95. The summed E-state index contributed by atoms with van der Waals surface area (Å²) in [6.45, 7) is 6.23. The molecule has 5 nitrogen and oxygen atoms in total. The molecule has 1 saturated heterocycles. The van der Waals surface area contributed by atoms with Crippen LogP contribution in [0.2, 0.25) is 0 Å². The van der Waals surface area contributed by atoms with Gasteiger partial charge in [-0.05, 0) is 18.3 Å². The zero-order valence-corrected chi connectivity index (χ0v) is 10.6. The van der Waals surface area contributed by atoms with Crippen LogP contribution in [0.5, 0.6) is 0 Å². The first-order valence-corrected chi connectivity index (χ1v) is 6.12. The molecule has 1 fully saturated rings. The van der Waals surface area contributed by atoms with Gasteiger partial charge in [0.2, 0.25) is 5.91 Å². The van der Waals surface area contributed by atoms with Crippen LogP contribution in [0.3, 0.4) is 0 Å². The van der Waals surface area contributed by atoms with Crippen molar-refractivity contribution in [1.29, 1.82) is 0 Å². The molecule has 2 unspecified atom stereocenters. The summed E-state index contributed by atoms with van der Waals surface area (Å²) < 4.78 is 5.32. The SMILES string of the molecule is CC[C@H](C)[C@H](NC(=O)C1OCCC1C)C(=O)O. The summed E-state index contributed by atoms with van der Waals surface area (Å²) in [4.78, 5) is 23.0. The second-order valence-electron chi connectivity index (χ2n) is 4.77. The van der Waals surface area contributed by atoms with Crippen molar-refractivity contribution in [1.82, 2.24) is 5.32 Å². The van der Waals surface area contributed by atoms with Gasteiger partial charge >= 0.3 is 5.97 Å². The van der Waals surface area contributed by atoms with Crippen molar-refractivity contribution in [3.05, 3.63) is 0 Å². The predicted molar refractivity (Wildman–Crippen MR) is 62.5 cm³/mol. The Balaban J connectivity index is 2.61. The molecule has 0 aromatic heterocycles. The van der Waals surface area contributed by atoms with Crippen molar-refractivity contribution < 1.29 is 19.4 Å². The van der Waals surface area contributed by atoms with E-state index in [9.17, 15) is 9.59 Å². The molecule has 2 N–H and O–H groups in total. The van der Waals surface area contributed by atoms with Crippen LogP contribution in [0, 0.1) is 11.8 Å². The minimum Gasteiger partial charge on any atom is -0.480 e. The van der Waals surface area contributed by atoms with Crippen LogP contribution in [0.25, 0.3) is 0 Å². The molecule has 0 radical (unpaired) electrons. The smallest absolute Gasteiger partial charge is 0.326 e. The number of rotatable bonds is 5. The Bertz CT molecular complexity index is 292. The standard InChI is InChI=1S/C12H21NO4/c1-4-7(2)9(12(15)16)13-11(14)10-8(3)5-6-17-10/h7-10H,4-6H2,1-3H3,(H,13,14)(H,15,16)/t7-,8?,9-,10?/m0/s1. The average Bonchev–Trinajstić information content (AvgIpc) is 2.70. The van der Waals surface area contributed by atoms with E-state index in [1.807, 2.05) is 20.8 Å². The fourth-order valence-electron chi connectivity index (χ4n) is 1.95. The lowest BCUT2D eigenvalue weighted by molar-refractivity contribution is -0.145. The van der Waals surface area contributed by atoms with E-state index in [1.54, 1.807) is 0 Å². The minimum atomic E-state index is -0.988. The molecule has 1 aliphatic heterocycles. The van der Waals surface area contributed by atoms with E-state index < -0.39 is 18.1 Å². The largest absolute Gasteiger partial charge is 0.480 e. The highest BCUT2D eigenvalue weighted by atomic mass is 16.5. The summed E-state index contributed by atoms with van der Waals surface area (Å²) in [5.41, 5.74) is 0. The van der Waals surface area contributed by atoms with Crippen molar-refractivity contribution in [2.75, 3.05) is 6.61 Å². The molecule has 0 spiro atoms. The number of carboxylic acid groups (broad SMARTS) is 1. The van der Waals surface area contributed by atoms with Gasteiger partial charge in [0.05, 0.1) is 0 Å². The highest BCUT2D eigenvalue weighted by Gasteiger charge is 2.34. The molecule has 98 valence electrons. The molecule has 17 heavy (non-hydrogen) atoms. The molecule has 5 heteroatoms. The first kappa shape index (κ1) is 14.0. The molecule has 0 saturated carbocycles. The third kappa shape index (κ3) is 3.43. The van der Waals surface area contributed by atoms with E-state index in [4.69, 9.17) is 9.84 Å². The molecule has 1 amide bonds. The van der Waals surface area contributed by atoms with Gasteiger partial charge in [-0.1, -0.05) is 27.2 Å². The number of amides is 1. The van der Waals surface area contributed by atoms with Gasteiger partial charge < -0.3 is 15.2 Å². The van der Waals surface area contributed by atoms with Crippen molar-refractivity contribution in [2.24, 2.45) is 11.8 Å². The Kier molecular flexibility index (Phi) is 4.93. The molecular formula is C12H21NO4. The number of nitrogens with one attached hydrogen (secondary N) is 1. The number of carbonyl (C=O) groups is 2. The highest BCUT2D eigenvalue weighted by Crippen LogP contribution is 2.20. The molecule has 0 aliphatic carbocycles. The number of hydrogen-bond acceptors (Lipinski definition) is 3. The zero-order chi connectivity index (χ0) is 13.0. The maximum absolute atomic E-state index is 11.9. The maximum atomic E-state index is 11.9. The monoisotopic (exact) mass is 243 g/mol. The fraction of sp³-hybridized carbons (Fsp3) is 0.833. The van der Waals surface area contributed by atoms with Crippen LogP contribution in [0.4, 0.5) is 0 Å².